The van der Waals surface area contributed by atoms with Gasteiger partial charge in [0.25, 0.3) is 5.91 Å². The third-order valence-corrected chi connectivity index (χ3v) is 4.50. The molecule has 0 saturated heterocycles. The molecule has 1 N–H and O–H groups in total. The number of aryl methyl sites for hydroxylation is 1. The van der Waals surface area contributed by atoms with Crippen molar-refractivity contribution in [1.82, 2.24) is 14.9 Å². The molecule has 3 aromatic rings. The Kier molecular flexibility index (Phi) is 5.15. The van der Waals surface area contributed by atoms with Gasteiger partial charge in [-0.3, -0.25) is 4.79 Å². The molecule has 0 aliphatic carbocycles. The summed E-state index contributed by atoms with van der Waals surface area (Å²) in [6, 6.07) is 13.4. The number of ether oxygens (including phenoxy) is 1. The highest BCUT2D eigenvalue weighted by Crippen LogP contribution is 2.22. The van der Waals surface area contributed by atoms with E-state index >= 15 is 0 Å². The monoisotopic (exact) mass is 387 g/mol. The van der Waals surface area contributed by atoms with Crippen molar-refractivity contribution in [3.63, 3.8) is 0 Å². The second kappa shape index (κ2) is 7.49. The summed E-state index contributed by atoms with van der Waals surface area (Å²) in [6.07, 6.45) is 2.67. The van der Waals surface area contributed by atoms with Crippen LogP contribution in [-0.4, -0.2) is 29.1 Å². The quantitative estimate of drug-likeness (QED) is 0.657. The number of nitrogens with one attached hydrogen (secondary N) is 1. The summed E-state index contributed by atoms with van der Waals surface area (Å²) in [5.74, 6) is 0.546. The number of aromatic nitrogens is 2. The van der Waals surface area contributed by atoms with Gasteiger partial charge >= 0.3 is 0 Å². The van der Waals surface area contributed by atoms with Gasteiger partial charge in [0, 0.05) is 17.6 Å². The molecule has 0 aliphatic heterocycles. The largest absolute Gasteiger partial charge is 0.497 e. The lowest BCUT2D eigenvalue weighted by Crippen LogP contribution is -2.25. The molecule has 3 rings (SSSR count). The molecule has 1 heterocycles. The Hall–Kier alpha value is -2.34. The van der Waals surface area contributed by atoms with Gasteiger partial charge in [0.2, 0.25) is 0 Å². The van der Waals surface area contributed by atoms with Gasteiger partial charge in [-0.15, -0.1) is 0 Å². The Morgan fingerprint density at radius 3 is 2.96 bits per heavy atom. The third kappa shape index (κ3) is 3.59. The number of halogens is 1. The standard InChI is InChI=1S/C18H18BrN3O2/c1-24-13-7-8-15(19)14(11-13)18(23)20-9-4-10-22-12-21-16-5-2-3-6-17(16)22/h2-3,5-8,11-12H,4,9-10H2,1H3,(H,20,23). The molecule has 0 unspecified atom stereocenters. The molecule has 24 heavy (non-hydrogen) atoms. The highest BCUT2D eigenvalue weighted by molar-refractivity contribution is 9.10. The lowest BCUT2D eigenvalue weighted by molar-refractivity contribution is 0.0951. The Balaban J connectivity index is 1.56. The molecule has 0 bridgehead atoms. The number of imidazole rings is 1. The molecule has 6 heteroatoms. The molecule has 0 aliphatic rings. The Morgan fingerprint density at radius 2 is 2.12 bits per heavy atom. The smallest absolute Gasteiger partial charge is 0.252 e. The van der Waals surface area contributed by atoms with E-state index in [2.05, 4.69) is 30.8 Å². The van der Waals surface area contributed by atoms with Crippen LogP contribution in [0.25, 0.3) is 11.0 Å². The summed E-state index contributed by atoms with van der Waals surface area (Å²) in [4.78, 5) is 16.7. The number of amides is 1. The molecule has 0 radical (unpaired) electrons. The van der Waals surface area contributed by atoms with Crippen LogP contribution in [0.4, 0.5) is 0 Å². The number of para-hydroxylation sites is 2. The van der Waals surface area contributed by atoms with Crippen molar-refractivity contribution in [2.75, 3.05) is 13.7 Å². The van der Waals surface area contributed by atoms with Gasteiger partial charge in [0.05, 0.1) is 30.0 Å². The fourth-order valence-electron chi connectivity index (χ4n) is 2.54. The Morgan fingerprint density at radius 1 is 1.29 bits per heavy atom. The lowest BCUT2D eigenvalue weighted by atomic mass is 10.2. The number of nitrogens with zero attached hydrogens (tertiary/aromatic N) is 2. The minimum absolute atomic E-state index is 0.115. The average Bonchev–Trinajstić information content (AvgIpc) is 3.02. The molecule has 1 aromatic heterocycles. The van der Waals surface area contributed by atoms with Gasteiger partial charge in [-0.2, -0.15) is 0 Å². The van der Waals surface area contributed by atoms with Crippen LogP contribution in [0.5, 0.6) is 5.75 Å². The van der Waals surface area contributed by atoms with Gasteiger partial charge in [0.1, 0.15) is 5.75 Å². The summed E-state index contributed by atoms with van der Waals surface area (Å²) < 4.78 is 8.02. The number of benzene rings is 2. The number of rotatable bonds is 6. The van der Waals surface area contributed by atoms with Crippen molar-refractivity contribution >= 4 is 32.9 Å². The van der Waals surface area contributed by atoms with Crippen molar-refractivity contribution in [1.29, 1.82) is 0 Å². The van der Waals surface area contributed by atoms with E-state index in [4.69, 9.17) is 4.74 Å². The highest BCUT2D eigenvalue weighted by Gasteiger charge is 2.11. The van der Waals surface area contributed by atoms with E-state index in [0.29, 0.717) is 17.9 Å². The van der Waals surface area contributed by atoms with Crippen molar-refractivity contribution in [3.05, 3.63) is 58.8 Å². The zero-order valence-electron chi connectivity index (χ0n) is 13.3. The molecule has 0 atom stereocenters. The first kappa shape index (κ1) is 16.5. The topological polar surface area (TPSA) is 56.1 Å². The predicted molar refractivity (Wildman–Crippen MR) is 97.4 cm³/mol. The van der Waals surface area contributed by atoms with Crippen LogP contribution in [0.15, 0.2) is 53.3 Å². The number of carbonyl (C=O) groups is 1. The first-order chi connectivity index (χ1) is 11.7. The van der Waals surface area contributed by atoms with E-state index in [1.165, 1.54) is 0 Å². The second-order valence-corrected chi connectivity index (χ2v) is 6.24. The van der Waals surface area contributed by atoms with Crippen LogP contribution in [0.2, 0.25) is 0 Å². The first-order valence-electron chi connectivity index (χ1n) is 7.70. The molecule has 124 valence electrons. The van der Waals surface area contributed by atoms with Crippen molar-refractivity contribution in [2.45, 2.75) is 13.0 Å². The highest BCUT2D eigenvalue weighted by atomic mass is 79.9. The zero-order valence-corrected chi connectivity index (χ0v) is 14.9. The maximum atomic E-state index is 12.3. The SMILES string of the molecule is COc1ccc(Br)c(C(=O)NCCCn2cnc3ccccc32)c1. The predicted octanol–water partition coefficient (Wildman–Crippen LogP) is 3.63. The summed E-state index contributed by atoms with van der Waals surface area (Å²) >= 11 is 3.40. The maximum Gasteiger partial charge on any atom is 0.252 e. The average molecular weight is 388 g/mol. The van der Waals surface area contributed by atoms with E-state index in [1.54, 1.807) is 13.2 Å². The fraction of sp³-hybridized carbons (Fsp3) is 0.222. The van der Waals surface area contributed by atoms with Crippen molar-refractivity contribution < 1.29 is 9.53 Å². The number of hydrogen-bond donors (Lipinski definition) is 1. The van der Waals surface area contributed by atoms with E-state index in [0.717, 1.165) is 28.5 Å². The molecule has 0 spiro atoms. The molecule has 0 saturated carbocycles. The normalized spacial score (nSPS) is 10.8. The van der Waals surface area contributed by atoms with E-state index in [-0.39, 0.29) is 5.91 Å². The zero-order chi connectivity index (χ0) is 16.9. The van der Waals surface area contributed by atoms with Crippen LogP contribution < -0.4 is 10.1 Å². The van der Waals surface area contributed by atoms with Gasteiger partial charge in [0.15, 0.2) is 0 Å². The Labute approximate surface area is 148 Å². The van der Waals surface area contributed by atoms with Crippen LogP contribution in [0.1, 0.15) is 16.8 Å². The van der Waals surface area contributed by atoms with Gasteiger partial charge in [-0.1, -0.05) is 12.1 Å². The molecule has 0 fully saturated rings. The molecule has 2 aromatic carbocycles. The lowest BCUT2D eigenvalue weighted by Gasteiger charge is -2.09. The van der Waals surface area contributed by atoms with Gasteiger partial charge in [-0.05, 0) is 52.7 Å². The fourth-order valence-corrected chi connectivity index (χ4v) is 2.97. The molecular formula is C18H18BrN3O2. The van der Waals surface area contributed by atoms with Crippen LogP contribution in [-0.2, 0) is 6.54 Å². The first-order valence-corrected chi connectivity index (χ1v) is 8.50. The Bertz CT molecular complexity index is 860. The minimum atomic E-state index is -0.115. The van der Waals surface area contributed by atoms with E-state index in [9.17, 15) is 4.79 Å². The number of methoxy groups -OCH3 is 1. The van der Waals surface area contributed by atoms with Crippen molar-refractivity contribution in [3.8, 4) is 5.75 Å². The minimum Gasteiger partial charge on any atom is -0.497 e. The molecule has 5 nitrogen and oxygen atoms in total. The van der Waals surface area contributed by atoms with Crippen LogP contribution >= 0.6 is 15.9 Å². The van der Waals surface area contributed by atoms with Crippen LogP contribution in [0.3, 0.4) is 0 Å². The third-order valence-electron chi connectivity index (χ3n) is 3.81. The van der Waals surface area contributed by atoms with Gasteiger partial charge in [-0.25, -0.2) is 4.98 Å². The number of carbonyl (C=O) groups excluding carboxylic acids is 1. The summed E-state index contributed by atoms with van der Waals surface area (Å²) in [6.45, 7) is 1.40. The van der Waals surface area contributed by atoms with E-state index in [1.807, 2.05) is 42.7 Å². The summed E-state index contributed by atoms with van der Waals surface area (Å²) in [5.41, 5.74) is 2.67. The van der Waals surface area contributed by atoms with Crippen molar-refractivity contribution in [2.24, 2.45) is 0 Å². The molecular weight excluding hydrogens is 370 g/mol. The van der Waals surface area contributed by atoms with Crippen LogP contribution in [0, 0.1) is 0 Å². The summed E-state index contributed by atoms with van der Waals surface area (Å²) in [5, 5.41) is 2.94. The van der Waals surface area contributed by atoms with Gasteiger partial charge < -0.3 is 14.6 Å². The maximum absolute atomic E-state index is 12.3. The molecule has 1 amide bonds. The number of fused-ring (bicyclic) bond motifs is 1. The second-order valence-electron chi connectivity index (χ2n) is 5.38. The summed E-state index contributed by atoms with van der Waals surface area (Å²) in [7, 11) is 1.58. The van der Waals surface area contributed by atoms with E-state index < -0.39 is 0 Å². The number of hydrogen-bond acceptors (Lipinski definition) is 3.